The molecule has 0 saturated carbocycles. The zero-order valence-corrected chi connectivity index (χ0v) is 9.56. The Labute approximate surface area is 82.7 Å². The van der Waals surface area contributed by atoms with Crippen LogP contribution < -0.4 is 5.32 Å². The maximum Gasteiger partial charge on any atom is 0.0613 e. The van der Waals surface area contributed by atoms with Crippen molar-refractivity contribution in [1.29, 1.82) is 0 Å². The summed E-state index contributed by atoms with van der Waals surface area (Å²) in [7, 11) is 0. The summed E-state index contributed by atoms with van der Waals surface area (Å²) < 4.78 is 0. The Bertz CT molecular complexity index is 113. The van der Waals surface area contributed by atoms with Crippen LogP contribution in [0, 0.1) is 5.92 Å². The van der Waals surface area contributed by atoms with E-state index in [9.17, 15) is 5.11 Å². The SMILES string of the molecule is CCC(C)CNC(CC)(CC)CO. The summed E-state index contributed by atoms with van der Waals surface area (Å²) in [5.74, 6) is 0.698. The van der Waals surface area contributed by atoms with Gasteiger partial charge in [0.25, 0.3) is 0 Å². The first-order valence-electron chi connectivity index (χ1n) is 5.50. The third-order valence-corrected chi connectivity index (χ3v) is 3.18. The number of rotatable bonds is 7. The van der Waals surface area contributed by atoms with Gasteiger partial charge in [0.05, 0.1) is 6.61 Å². The molecule has 0 rings (SSSR count). The molecule has 2 nitrogen and oxygen atoms in total. The second kappa shape index (κ2) is 6.39. The molecule has 0 bridgehead atoms. The lowest BCUT2D eigenvalue weighted by molar-refractivity contribution is 0.146. The quantitative estimate of drug-likeness (QED) is 0.640. The fraction of sp³-hybridized carbons (Fsp3) is 1.00. The summed E-state index contributed by atoms with van der Waals surface area (Å²) in [5, 5.41) is 12.8. The number of aliphatic hydroxyl groups excluding tert-OH is 1. The predicted octanol–water partition coefficient (Wildman–Crippen LogP) is 2.17. The van der Waals surface area contributed by atoms with Crippen molar-refractivity contribution in [3.8, 4) is 0 Å². The third-order valence-electron chi connectivity index (χ3n) is 3.18. The Hall–Kier alpha value is -0.0800. The van der Waals surface area contributed by atoms with Crippen LogP contribution in [0.3, 0.4) is 0 Å². The predicted molar refractivity (Wildman–Crippen MR) is 57.9 cm³/mol. The van der Waals surface area contributed by atoms with E-state index >= 15 is 0 Å². The first-order valence-corrected chi connectivity index (χ1v) is 5.50. The van der Waals surface area contributed by atoms with Gasteiger partial charge in [-0.15, -0.1) is 0 Å². The molecule has 0 heterocycles. The average molecular weight is 187 g/mol. The van der Waals surface area contributed by atoms with Crippen LogP contribution in [-0.2, 0) is 0 Å². The van der Waals surface area contributed by atoms with Crippen molar-refractivity contribution >= 4 is 0 Å². The summed E-state index contributed by atoms with van der Waals surface area (Å²) in [6.07, 6.45) is 3.19. The average Bonchev–Trinajstić information content (AvgIpc) is 2.20. The number of hydrogen-bond donors (Lipinski definition) is 2. The molecule has 0 aromatic carbocycles. The van der Waals surface area contributed by atoms with E-state index in [0.29, 0.717) is 5.92 Å². The normalized spacial score (nSPS) is 14.5. The van der Waals surface area contributed by atoms with Gasteiger partial charge in [0.1, 0.15) is 0 Å². The first-order chi connectivity index (χ1) is 6.14. The summed E-state index contributed by atoms with van der Waals surface area (Å²) in [4.78, 5) is 0. The van der Waals surface area contributed by atoms with Gasteiger partial charge in [-0.1, -0.05) is 34.1 Å². The van der Waals surface area contributed by atoms with Crippen LogP contribution in [0.25, 0.3) is 0 Å². The van der Waals surface area contributed by atoms with Crippen molar-refractivity contribution < 1.29 is 5.11 Å². The second-order valence-electron chi connectivity index (χ2n) is 4.04. The van der Waals surface area contributed by atoms with Crippen LogP contribution in [0.4, 0.5) is 0 Å². The molecule has 0 radical (unpaired) electrons. The topological polar surface area (TPSA) is 32.3 Å². The highest BCUT2D eigenvalue weighted by Gasteiger charge is 2.24. The van der Waals surface area contributed by atoms with Gasteiger partial charge in [-0.05, 0) is 25.3 Å². The molecular weight excluding hydrogens is 162 g/mol. The van der Waals surface area contributed by atoms with E-state index in [1.54, 1.807) is 0 Å². The fourth-order valence-electron chi connectivity index (χ4n) is 1.31. The summed E-state index contributed by atoms with van der Waals surface area (Å²) in [6, 6.07) is 0. The van der Waals surface area contributed by atoms with Crippen LogP contribution >= 0.6 is 0 Å². The van der Waals surface area contributed by atoms with Gasteiger partial charge in [-0.25, -0.2) is 0 Å². The van der Waals surface area contributed by atoms with Gasteiger partial charge < -0.3 is 10.4 Å². The van der Waals surface area contributed by atoms with Gasteiger partial charge >= 0.3 is 0 Å². The molecule has 0 spiro atoms. The van der Waals surface area contributed by atoms with Gasteiger partial charge in [-0.2, -0.15) is 0 Å². The van der Waals surface area contributed by atoms with Crippen LogP contribution in [0.1, 0.15) is 47.0 Å². The van der Waals surface area contributed by atoms with E-state index in [1.807, 2.05) is 0 Å². The molecule has 1 atom stereocenters. The minimum Gasteiger partial charge on any atom is -0.394 e. The molecule has 0 aromatic heterocycles. The zero-order valence-electron chi connectivity index (χ0n) is 9.56. The van der Waals surface area contributed by atoms with Crippen molar-refractivity contribution in [3.05, 3.63) is 0 Å². The smallest absolute Gasteiger partial charge is 0.0613 e. The van der Waals surface area contributed by atoms with Crippen molar-refractivity contribution in [3.63, 3.8) is 0 Å². The van der Waals surface area contributed by atoms with Crippen molar-refractivity contribution in [2.45, 2.75) is 52.5 Å². The Morgan fingerprint density at radius 1 is 1.23 bits per heavy atom. The lowest BCUT2D eigenvalue weighted by atomic mass is 9.93. The monoisotopic (exact) mass is 187 g/mol. The fourth-order valence-corrected chi connectivity index (χ4v) is 1.31. The molecule has 2 heteroatoms. The molecule has 13 heavy (non-hydrogen) atoms. The van der Waals surface area contributed by atoms with E-state index in [1.165, 1.54) is 6.42 Å². The third kappa shape index (κ3) is 4.10. The standard InChI is InChI=1S/C11H25NO/c1-5-10(4)8-12-11(6-2,7-3)9-13/h10,12-13H,5-9H2,1-4H3. The first kappa shape index (κ1) is 12.9. The Morgan fingerprint density at radius 3 is 2.08 bits per heavy atom. The van der Waals surface area contributed by atoms with Crippen LogP contribution in [-0.4, -0.2) is 23.8 Å². The number of aliphatic hydroxyl groups is 1. The summed E-state index contributed by atoms with van der Waals surface area (Å²) in [5.41, 5.74) is -0.0383. The van der Waals surface area contributed by atoms with Crippen molar-refractivity contribution in [2.24, 2.45) is 5.92 Å². The highest BCUT2D eigenvalue weighted by Crippen LogP contribution is 2.14. The molecule has 80 valence electrons. The minimum atomic E-state index is -0.0383. The maximum absolute atomic E-state index is 9.30. The molecule has 0 aliphatic carbocycles. The lowest BCUT2D eigenvalue weighted by Gasteiger charge is -2.32. The maximum atomic E-state index is 9.30. The summed E-state index contributed by atoms with van der Waals surface area (Å²) in [6.45, 7) is 9.95. The minimum absolute atomic E-state index is 0.0383. The molecule has 2 N–H and O–H groups in total. The van der Waals surface area contributed by atoms with Crippen molar-refractivity contribution in [2.75, 3.05) is 13.2 Å². The van der Waals surface area contributed by atoms with E-state index in [4.69, 9.17) is 0 Å². The van der Waals surface area contributed by atoms with Crippen molar-refractivity contribution in [1.82, 2.24) is 5.32 Å². The zero-order chi connectivity index (χ0) is 10.3. The molecule has 0 aromatic rings. The Balaban J connectivity index is 3.95. The molecule has 1 unspecified atom stereocenters. The molecule has 0 aliphatic heterocycles. The van der Waals surface area contributed by atoms with Gasteiger partial charge in [-0.3, -0.25) is 0 Å². The van der Waals surface area contributed by atoms with Crippen LogP contribution in [0.5, 0.6) is 0 Å². The number of hydrogen-bond acceptors (Lipinski definition) is 2. The van der Waals surface area contributed by atoms with Gasteiger partial charge in [0.15, 0.2) is 0 Å². The van der Waals surface area contributed by atoms with Crippen LogP contribution in [0.2, 0.25) is 0 Å². The van der Waals surface area contributed by atoms with Gasteiger partial charge in [0.2, 0.25) is 0 Å². The largest absolute Gasteiger partial charge is 0.394 e. The van der Waals surface area contributed by atoms with E-state index in [0.717, 1.165) is 19.4 Å². The number of nitrogens with one attached hydrogen (secondary N) is 1. The molecule has 0 saturated heterocycles. The lowest BCUT2D eigenvalue weighted by Crippen LogP contribution is -2.49. The molecule has 0 fully saturated rings. The molecule has 0 aliphatic rings. The van der Waals surface area contributed by atoms with Crippen LogP contribution in [0.15, 0.2) is 0 Å². The molecule has 0 amide bonds. The highest BCUT2D eigenvalue weighted by atomic mass is 16.3. The molecular formula is C11H25NO. The second-order valence-corrected chi connectivity index (χ2v) is 4.04. The van der Waals surface area contributed by atoms with E-state index < -0.39 is 0 Å². The van der Waals surface area contributed by atoms with E-state index in [-0.39, 0.29) is 12.1 Å². The Morgan fingerprint density at radius 2 is 1.77 bits per heavy atom. The van der Waals surface area contributed by atoms with Gasteiger partial charge in [0, 0.05) is 5.54 Å². The van der Waals surface area contributed by atoms with E-state index in [2.05, 4.69) is 33.0 Å². The summed E-state index contributed by atoms with van der Waals surface area (Å²) >= 11 is 0. The highest BCUT2D eigenvalue weighted by molar-refractivity contribution is 4.84. The Kier molecular flexibility index (Phi) is 6.35.